The lowest BCUT2D eigenvalue weighted by Crippen LogP contribution is -2.34. The molecule has 1 N–H and O–H groups in total. The number of hydrogen-bond donors (Lipinski definition) is 1. The smallest absolute Gasteiger partial charge is 0.203 e. The fourth-order valence-corrected chi connectivity index (χ4v) is 2.94. The summed E-state index contributed by atoms with van der Waals surface area (Å²) in [5.41, 5.74) is 1.21. The molecule has 0 saturated heterocycles. The van der Waals surface area contributed by atoms with E-state index in [1.54, 1.807) is 12.3 Å². The number of benzene rings is 1. The summed E-state index contributed by atoms with van der Waals surface area (Å²) >= 11 is 0. The second-order valence-electron chi connectivity index (χ2n) is 5.64. The number of aromatic nitrogens is 2. The predicted molar refractivity (Wildman–Crippen MR) is 79.2 cm³/mol. The molecule has 1 aromatic heterocycles. The Labute approximate surface area is 123 Å². The van der Waals surface area contributed by atoms with Crippen molar-refractivity contribution in [1.82, 2.24) is 9.97 Å². The maximum atomic E-state index is 13.3. The minimum Gasteiger partial charge on any atom is -0.342 e. The molecule has 1 aliphatic carbocycles. The van der Waals surface area contributed by atoms with Crippen LogP contribution in [0.1, 0.15) is 32.1 Å². The summed E-state index contributed by atoms with van der Waals surface area (Å²) in [5.74, 6) is -0.909. The standard InChI is InChI=1S/C16H19F2N3/c1-21(12-5-3-2-4-6-12)16-19-10-15(20-16)11-7-8-13(17)14(18)9-11/h7-10,12H,2-6H2,1H3,(H,19,20). The van der Waals surface area contributed by atoms with Crippen LogP contribution in [0.3, 0.4) is 0 Å². The first-order valence-electron chi connectivity index (χ1n) is 7.39. The van der Waals surface area contributed by atoms with Crippen LogP contribution in [0.4, 0.5) is 14.7 Å². The van der Waals surface area contributed by atoms with Crippen molar-refractivity contribution >= 4 is 5.95 Å². The second kappa shape index (κ2) is 5.84. The summed E-state index contributed by atoms with van der Waals surface area (Å²) in [6, 6.07) is 4.35. The Hall–Kier alpha value is -1.91. The molecular weight excluding hydrogens is 272 g/mol. The number of nitrogens with zero attached hydrogens (tertiary/aromatic N) is 2. The van der Waals surface area contributed by atoms with Gasteiger partial charge in [0.15, 0.2) is 11.6 Å². The average molecular weight is 291 g/mol. The summed E-state index contributed by atoms with van der Waals surface area (Å²) in [6.07, 6.45) is 7.91. The zero-order valence-corrected chi connectivity index (χ0v) is 12.1. The van der Waals surface area contributed by atoms with Crippen LogP contribution in [0.15, 0.2) is 24.4 Å². The van der Waals surface area contributed by atoms with Crippen LogP contribution >= 0.6 is 0 Å². The monoisotopic (exact) mass is 291 g/mol. The van der Waals surface area contributed by atoms with Gasteiger partial charge in [0.1, 0.15) is 0 Å². The molecule has 0 bridgehead atoms. The molecule has 1 aliphatic rings. The van der Waals surface area contributed by atoms with Crippen LogP contribution < -0.4 is 4.90 Å². The van der Waals surface area contributed by atoms with Crippen LogP contribution in [-0.4, -0.2) is 23.1 Å². The molecule has 3 nitrogen and oxygen atoms in total. The quantitative estimate of drug-likeness (QED) is 0.922. The molecule has 112 valence electrons. The summed E-state index contributed by atoms with van der Waals surface area (Å²) in [6.45, 7) is 0. The highest BCUT2D eigenvalue weighted by Crippen LogP contribution is 2.26. The molecule has 1 heterocycles. The van der Waals surface area contributed by atoms with Gasteiger partial charge in [-0.1, -0.05) is 19.3 Å². The van der Waals surface area contributed by atoms with Crippen molar-refractivity contribution < 1.29 is 8.78 Å². The maximum Gasteiger partial charge on any atom is 0.203 e. The number of imidazole rings is 1. The first-order chi connectivity index (χ1) is 10.1. The molecule has 0 aliphatic heterocycles. The lowest BCUT2D eigenvalue weighted by atomic mass is 9.95. The van der Waals surface area contributed by atoms with Crippen molar-refractivity contribution in [2.75, 3.05) is 11.9 Å². The topological polar surface area (TPSA) is 31.9 Å². The predicted octanol–water partition coefficient (Wildman–Crippen LogP) is 4.12. The molecule has 2 aromatic rings. The Morgan fingerprint density at radius 1 is 1.14 bits per heavy atom. The Morgan fingerprint density at radius 3 is 2.62 bits per heavy atom. The van der Waals surface area contributed by atoms with E-state index in [4.69, 9.17) is 0 Å². The fraction of sp³-hybridized carbons (Fsp3) is 0.438. The van der Waals surface area contributed by atoms with E-state index in [0.29, 0.717) is 17.3 Å². The number of rotatable bonds is 3. The Balaban J connectivity index is 1.80. The van der Waals surface area contributed by atoms with Crippen LogP contribution in [0, 0.1) is 11.6 Å². The van der Waals surface area contributed by atoms with Gasteiger partial charge in [0.2, 0.25) is 5.95 Å². The van der Waals surface area contributed by atoms with E-state index < -0.39 is 11.6 Å². The Morgan fingerprint density at radius 2 is 1.90 bits per heavy atom. The molecule has 5 heteroatoms. The van der Waals surface area contributed by atoms with Crippen molar-refractivity contribution in [3.63, 3.8) is 0 Å². The molecule has 0 amide bonds. The minimum absolute atomic E-state index is 0.503. The Bertz CT molecular complexity index is 618. The molecule has 3 rings (SSSR count). The van der Waals surface area contributed by atoms with Gasteiger partial charge in [0.05, 0.1) is 5.69 Å². The summed E-state index contributed by atoms with van der Waals surface area (Å²) < 4.78 is 26.3. The lowest BCUT2D eigenvalue weighted by molar-refractivity contribution is 0.424. The van der Waals surface area contributed by atoms with Gasteiger partial charge in [-0.3, -0.25) is 0 Å². The van der Waals surface area contributed by atoms with Gasteiger partial charge in [0.25, 0.3) is 0 Å². The van der Waals surface area contributed by atoms with E-state index in [2.05, 4.69) is 14.9 Å². The Kier molecular flexibility index (Phi) is 3.90. The zero-order valence-electron chi connectivity index (χ0n) is 12.1. The maximum absolute atomic E-state index is 13.3. The SMILES string of the molecule is CN(c1nc(-c2ccc(F)c(F)c2)c[nH]1)C1CCCCC1. The molecule has 0 spiro atoms. The van der Waals surface area contributed by atoms with Crippen molar-refractivity contribution in [3.05, 3.63) is 36.0 Å². The van der Waals surface area contributed by atoms with E-state index in [1.807, 2.05) is 7.05 Å². The van der Waals surface area contributed by atoms with Crippen molar-refractivity contribution in [2.24, 2.45) is 0 Å². The molecule has 1 saturated carbocycles. The van der Waals surface area contributed by atoms with Crippen molar-refractivity contribution in [3.8, 4) is 11.3 Å². The number of hydrogen-bond acceptors (Lipinski definition) is 2. The third-order valence-corrected chi connectivity index (χ3v) is 4.24. The third-order valence-electron chi connectivity index (χ3n) is 4.24. The third kappa shape index (κ3) is 2.91. The molecule has 1 fully saturated rings. The van der Waals surface area contributed by atoms with E-state index in [-0.39, 0.29) is 0 Å². The van der Waals surface area contributed by atoms with Crippen LogP contribution in [0.25, 0.3) is 11.3 Å². The van der Waals surface area contributed by atoms with Crippen LogP contribution in [0.2, 0.25) is 0 Å². The van der Waals surface area contributed by atoms with E-state index in [1.165, 1.54) is 38.2 Å². The number of nitrogens with one attached hydrogen (secondary N) is 1. The van der Waals surface area contributed by atoms with Gasteiger partial charge in [-0.05, 0) is 31.0 Å². The second-order valence-corrected chi connectivity index (χ2v) is 5.64. The van der Waals surface area contributed by atoms with Gasteiger partial charge < -0.3 is 9.88 Å². The van der Waals surface area contributed by atoms with Crippen molar-refractivity contribution in [1.29, 1.82) is 0 Å². The first-order valence-corrected chi connectivity index (χ1v) is 7.39. The van der Waals surface area contributed by atoms with Gasteiger partial charge in [-0.15, -0.1) is 0 Å². The molecule has 0 radical (unpaired) electrons. The largest absolute Gasteiger partial charge is 0.342 e. The van der Waals surface area contributed by atoms with E-state index >= 15 is 0 Å². The highest BCUT2D eigenvalue weighted by Gasteiger charge is 2.20. The zero-order chi connectivity index (χ0) is 14.8. The summed E-state index contributed by atoms with van der Waals surface area (Å²) in [4.78, 5) is 9.80. The van der Waals surface area contributed by atoms with Gasteiger partial charge in [-0.25, -0.2) is 13.8 Å². The van der Waals surface area contributed by atoms with Crippen LogP contribution in [-0.2, 0) is 0 Å². The van der Waals surface area contributed by atoms with Crippen molar-refractivity contribution in [2.45, 2.75) is 38.1 Å². The molecule has 21 heavy (non-hydrogen) atoms. The van der Waals surface area contributed by atoms with Gasteiger partial charge in [0, 0.05) is 24.8 Å². The van der Waals surface area contributed by atoms with Crippen LogP contribution in [0.5, 0.6) is 0 Å². The summed E-state index contributed by atoms with van der Waals surface area (Å²) in [7, 11) is 2.03. The number of halogens is 2. The van der Waals surface area contributed by atoms with E-state index in [9.17, 15) is 8.78 Å². The highest BCUT2D eigenvalue weighted by atomic mass is 19.2. The minimum atomic E-state index is -0.849. The normalized spacial score (nSPS) is 16.1. The lowest BCUT2D eigenvalue weighted by Gasteiger charge is -2.30. The molecule has 1 aromatic carbocycles. The summed E-state index contributed by atoms with van der Waals surface area (Å²) in [5, 5.41) is 0. The fourth-order valence-electron chi connectivity index (χ4n) is 2.94. The highest BCUT2D eigenvalue weighted by molar-refractivity contribution is 5.60. The number of aromatic amines is 1. The average Bonchev–Trinajstić information content (AvgIpc) is 3.00. The van der Waals surface area contributed by atoms with Gasteiger partial charge in [-0.2, -0.15) is 0 Å². The number of H-pyrrole nitrogens is 1. The first kappa shape index (κ1) is 14.0. The van der Waals surface area contributed by atoms with E-state index in [0.717, 1.165) is 12.0 Å². The molecule has 0 unspecified atom stereocenters. The molecular formula is C16H19F2N3. The van der Waals surface area contributed by atoms with Gasteiger partial charge >= 0.3 is 0 Å². The number of anilines is 1. The molecule has 0 atom stereocenters.